The number of nitrogens with zero attached hydrogens (tertiary/aromatic N) is 1. The Morgan fingerprint density at radius 1 is 1.50 bits per heavy atom. The molecule has 4 heteroatoms. The number of halogens is 1. The highest BCUT2D eigenvalue weighted by Gasteiger charge is 2.22. The summed E-state index contributed by atoms with van der Waals surface area (Å²) >= 11 is 6.38. The number of rotatable bonds is 5. The van der Waals surface area contributed by atoms with Crippen LogP contribution < -0.4 is 10.6 Å². The van der Waals surface area contributed by atoms with Crippen molar-refractivity contribution in [3.63, 3.8) is 0 Å². The quantitative estimate of drug-likeness (QED) is 0.907. The number of piperidine rings is 1. The standard InChI is InChI=1S/C16H25ClN2O/c1-12(18)9-14-15(17)6-3-7-16(14)19-8-4-5-13(10-19)11-20-2/h3,6-7,12-13H,4-5,8-11,18H2,1-2H3. The monoisotopic (exact) mass is 296 g/mol. The Morgan fingerprint density at radius 3 is 3.00 bits per heavy atom. The molecule has 1 fully saturated rings. The first-order chi connectivity index (χ1) is 9.61. The van der Waals surface area contributed by atoms with Crippen LogP contribution in [0.15, 0.2) is 18.2 Å². The van der Waals surface area contributed by atoms with Crippen molar-refractivity contribution in [1.29, 1.82) is 0 Å². The lowest BCUT2D eigenvalue weighted by Gasteiger charge is -2.35. The van der Waals surface area contributed by atoms with Gasteiger partial charge in [0.05, 0.1) is 6.61 Å². The average molecular weight is 297 g/mol. The van der Waals surface area contributed by atoms with Gasteiger partial charge in [0.2, 0.25) is 0 Å². The Morgan fingerprint density at radius 2 is 2.30 bits per heavy atom. The smallest absolute Gasteiger partial charge is 0.0507 e. The Kier molecular flexibility index (Phi) is 5.70. The van der Waals surface area contributed by atoms with Crippen molar-refractivity contribution in [2.45, 2.75) is 32.2 Å². The molecule has 0 bridgehead atoms. The van der Waals surface area contributed by atoms with E-state index in [0.717, 1.165) is 31.1 Å². The zero-order chi connectivity index (χ0) is 14.5. The molecule has 0 aromatic heterocycles. The Bertz CT molecular complexity index is 434. The zero-order valence-corrected chi connectivity index (χ0v) is 13.2. The van der Waals surface area contributed by atoms with Crippen LogP contribution in [0.5, 0.6) is 0 Å². The van der Waals surface area contributed by atoms with E-state index < -0.39 is 0 Å². The molecule has 2 rings (SSSR count). The molecule has 2 atom stereocenters. The normalized spacial score (nSPS) is 21.0. The molecule has 1 heterocycles. The summed E-state index contributed by atoms with van der Waals surface area (Å²) in [6.45, 7) is 4.99. The highest BCUT2D eigenvalue weighted by molar-refractivity contribution is 6.31. The molecular weight excluding hydrogens is 272 g/mol. The molecule has 20 heavy (non-hydrogen) atoms. The summed E-state index contributed by atoms with van der Waals surface area (Å²) in [7, 11) is 1.78. The van der Waals surface area contributed by atoms with Crippen LogP contribution in [-0.4, -0.2) is 32.8 Å². The molecule has 1 aliphatic rings. The Labute approximate surface area is 127 Å². The van der Waals surface area contributed by atoms with E-state index in [1.54, 1.807) is 7.11 Å². The minimum Gasteiger partial charge on any atom is -0.384 e. The maximum Gasteiger partial charge on any atom is 0.0507 e. The Balaban J connectivity index is 2.20. The van der Waals surface area contributed by atoms with E-state index in [9.17, 15) is 0 Å². The van der Waals surface area contributed by atoms with Gasteiger partial charge in [-0.2, -0.15) is 0 Å². The van der Waals surface area contributed by atoms with Gasteiger partial charge in [0.25, 0.3) is 0 Å². The van der Waals surface area contributed by atoms with Crippen LogP contribution in [-0.2, 0) is 11.2 Å². The molecule has 1 aromatic carbocycles. The summed E-state index contributed by atoms with van der Waals surface area (Å²) in [6.07, 6.45) is 3.27. The molecule has 1 saturated heterocycles. The van der Waals surface area contributed by atoms with Gasteiger partial charge in [-0.05, 0) is 49.8 Å². The third kappa shape index (κ3) is 3.87. The second-order valence-electron chi connectivity index (χ2n) is 5.83. The van der Waals surface area contributed by atoms with Gasteiger partial charge in [0, 0.05) is 37.0 Å². The van der Waals surface area contributed by atoms with Gasteiger partial charge in [-0.25, -0.2) is 0 Å². The predicted molar refractivity (Wildman–Crippen MR) is 85.6 cm³/mol. The highest BCUT2D eigenvalue weighted by atomic mass is 35.5. The third-order valence-corrected chi connectivity index (χ3v) is 4.24. The van der Waals surface area contributed by atoms with E-state index >= 15 is 0 Å². The van der Waals surface area contributed by atoms with Crippen LogP contribution in [0.4, 0.5) is 5.69 Å². The van der Waals surface area contributed by atoms with Crippen LogP contribution in [0, 0.1) is 5.92 Å². The summed E-state index contributed by atoms with van der Waals surface area (Å²) < 4.78 is 5.31. The van der Waals surface area contributed by atoms with Crippen molar-refractivity contribution in [3.05, 3.63) is 28.8 Å². The van der Waals surface area contributed by atoms with Gasteiger partial charge in [-0.15, -0.1) is 0 Å². The fraction of sp³-hybridized carbons (Fsp3) is 0.625. The minimum absolute atomic E-state index is 0.119. The SMILES string of the molecule is COCC1CCCN(c2cccc(Cl)c2CC(C)N)C1. The van der Waals surface area contributed by atoms with Crippen molar-refractivity contribution in [3.8, 4) is 0 Å². The number of methoxy groups -OCH3 is 1. The molecule has 0 aliphatic carbocycles. The van der Waals surface area contributed by atoms with Gasteiger partial charge in [0.15, 0.2) is 0 Å². The highest BCUT2D eigenvalue weighted by Crippen LogP contribution is 2.31. The first-order valence-electron chi connectivity index (χ1n) is 7.38. The lowest BCUT2D eigenvalue weighted by Crippen LogP contribution is -2.38. The summed E-state index contributed by atoms with van der Waals surface area (Å²) in [5.41, 5.74) is 8.40. The van der Waals surface area contributed by atoms with Crippen LogP contribution in [0.3, 0.4) is 0 Å². The molecule has 1 aromatic rings. The number of nitrogens with two attached hydrogens (primary N) is 1. The fourth-order valence-corrected chi connectivity index (χ4v) is 3.27. The van der Waals surface area contributed by atoms with E-state index in [0.29, 0.717) is 5.92 Å². The van der Waals surface area contributed by atoms with Crippen molar-refractivity contribution in [2.24, 2.45) is 11.7 Å². The van der Waals surface area contributed by atoms with E-state index in [2.05, 4.69) is 11.0 Å². The maximum atomic E-state index is 6.38. The predicted octanol–water partition coefficient (Wildman–Crippen LogP) is 3.09. The van der Waals surface area contributed by atoms with Crippen LogP contribution >= 0.6 is 11.6 Å². The number of hydrogen-bond donors (Lipinski definition) is 1. The summed E-state index contributed by atoms with van der Waals surface area (Å²) in [6, 6.07) is 6.27. The second-order valence-corrected chi connectivity index (χ2v) is 6.24. The number of anilines is 1. The van der Waals surface area contributed by atoms with Crippen LogP contribution in [0.1, 0.15) is 25.3 Å². The molecule has 0 spiro atoms. The zero-order valence-electron chi connectivity index (χ0n) is 12.4. The van der Waals surface area contributed by atoms with E-state index in [4.69, 9.17) is 22.1 Å². The summed E-state index contributed by atoms with van der Waals surface area (Å²) in [5.74, 6) is 0.607. The van der Waals surface area contributed by atoms with Gasteiger partial charge in [-0.1, -0.05) is 17.7 Å². The maximum absolute atomic E-state index is 6.38. The lowest BCUT2D eigenvalue weighted by molar-refractivity contribution is 0.143. The topological polar surface area (TPSA) is 38.5 Å². The molecule has 1 aliphatic heterocycles. The molecule has 0 radical (unpaired) electrons. The van der Waals surface area contributed by atoms with Gasteiger partial charge >= 0.3 is 0 Å². The largest absolute Gasteiger partial charge is 0.384 e. The molecule has 2 unspecified atom stereocenters. The van der Waals surface area contributed by atoms with E-state index in [1.165, 1.54) is 24.1 Å². The number of benzene rings is 1. The lowest BCUT2D eigenvalue weighted by atomic mass is 9.96. The van der Waals surface area contributed by atoms with Gasteiger partial charge < -0.3 is 15.4 Å². The van der Waals surface area contributed by atoms with Crippen LogP contribution in [0.2, 0.25) is 5.02 Å². The van der Waals surface area contributed by atoms with E-state index in [1.807, 2.05) is 19.1 Å². The average Bonchev–Trinajstić information content (AvgIpc) is 2.41. The molecule has 3 nitrogen and oxygen atoms in total. The van der Waals surface area contributed by atoms with Crippen molar-refractivity contribution >= 4 is 17.3 Å². The minimum atomic E-state index is 0.119. The third-order valence-electron chi connectivity index (χ3n) is 3.88. The molecule has 112 valence electrons. The van der Waals surface area contributed by atoms with Gasteiger partial charge in [0.1, 0.15) is 0 Å². The Hall–Kier alpha value is -0.770. The molecular formula is C16H25ClN2O. The summed E-state index contributed by atoms with van der Waals surface area (Å²) in [5, 5.41) is 0.827. The number of hydrogen-bond acceptors (Lipinski definition) is 3. The van der Waals surface area contributed by atoms with Crippen molar-refractivity contribution in [2.75, 3.05) is 31.7 Å². The fourth-order valence-electron chi connectivity index (χ4n) is 3.02. The molecule has 0 saturated carbocycles. The van der Waals surface area contributed by atoms with Crippen molar-refractivity contribution < 1.29 is 4.74 Å². The second kappa shape index (κ2) is 7.30. The molecule has 0 amide bonds. The first-order valence-corrected chi connectivity index (χ1v) is 7.76. The summed E-state index contributed by atoms with van der Waals surface area (Å²) in [4.78, 5) is 2.44. The molecule has 2 N–H and O–H groups in total. The van der Waals surface area contributed by atoms with Crippen molar-refractivity contribution in [1.82, 2.24) is 0 Å². The van der Waals surface area contributed by atoms with E-state index in [-0.39, 0.29) is 6.04 Å². The van der Waals surface area contributed by atoms with Gasteiger partial charge in [-0.3, -0.25) is 0 Å². The first kappa shape index (κ1) is 15.6. The van der Waals surface area contributed by atoms with Crippen LogP contribution in [0.25, 0.3) is 0 Å². The number of ether oxygens (including phenoxy) is 1.